The van der Waals surface area contributed by atoms with E-state index in [0.29, 0.717) is 28.5 Å². The van der Waals surface area contributed by atoms with Crippen molar-refractivity contribution in [2.24, 2.45) is 7.05 Å². The third-order valence-electron chi connectivity index (χ3n) is 3.85. The van der Waals surface area contributed by atoms with Crippen molar-refractivity contribution >= 4 is 33.1 Å². The highest BCUT2D eigenvalue weighted by Crippen LogP contribution is 2.31. The summed E-state index contributed by atoms with van der Waals surface area (Å²) >= 11 is 0. The minimum Gasteiger partial charge on any atom is -0.497 e. The molecule has 0 spiro atoms. The van der Waals surface area contributed by atoms with E-state index in [1.165, 1.54) is 20.1 Å². The predicted molar refractivity (Wildman–Crippen MR) is 108 cm³/mol. The third-order valence-corrected chi connectivity index (χ3v) is 4.82. The monoisotopic (exact) mass is 416 g/mol. The van der Waals surface area contributed by atoms with Crippen LogP contribution in [0.4, 0.5) is 17.3 Å². The largest absolute Gasteiger partial charge is 0.497 e. The molecule has 3 rings (SSSR count). The molecule has 0 unspecified atom stereocenters. The van der Waals surface area contributed by atoms with Gasteiger partial charge in [-0.2, -0.15) is 5.10 Å². The maximum atomic E-state index is 12.0. The fourth-order valence-corrected chi connectivity index (χ4v) is 3.16. The molecule has 0 bridgehead atoms. The van der Waals surface area contributed by atoms with Crippen LogP contribution >= 0.6 is 0 Å². The Bertz CT molecular complexity index is 1170. The Labute approximate surface area is 167 Å². The first-order chi connectivity index (χ1) is 13.7. The number of aryl methyl sites for hydroxylation is 1. The molecular formula is C18H20N6O4S. The number of nitrogens with one attached hydrogen (secondary N) is 2. The van der Waals surface area contributed by atoms with Gasteiger partial charge in [0.2, 0.25) is 5.91 Å². The van der Waals surface area contributed by atoms with Crippen molar-refractivity contribution < 1.29 is 17.9 Å². The molecule has 0 atom stereocenters. The predicted octanol–water partition coefficient (Wildman–Crippen LogP) is 1.99. The molecule has 0 fully saturated rings. The lowest BCUT2D eigenvalue weighted by Crippen LogP contribution is -2.09. The number of pyridine rings is 2. The second-order valence-electron chi connectivity index (χ2n) is 6.30. The molecule has 0 saturated carbocycles. The van der Waals surface area contributed by atoms with Gasteiger partial charge in [-0.15, -0.1) is 0 Å². The molecule has 29 heavy (non-hydrogen) atoms. The molecule has 11 heteroatoms. The molecule has 3 aromatic rings. The lowest BCUT2D eigenvalue weighted by atomic mass is 10.1. The fourth-order valence-electron chi connectivity index (χ4n) is 2.56. The van der Waals surface area contributed by atoms with E-state index in [-0.39, 0.29) is 16.8 Å². The van der Waals surface area contributed by atoms with E-state index in [1.54, 1.807) is 42.3 Å². The summed E-state index contributed by atoms with van der Waals surface area (Å²) in [6.45, 7) is 1.38. The summed E-state index contributed by atoms with van der Waals surface area (Å²) in [6, 6.07) is 6.33. The van der Waals surface area contributed by atoms with Gasteiger partial charge in [-0.1, -0.05) is 0 Å². The average molecular weight is 416 g/mol. The van der Waals surface area contributed by atoms with Gasteiger partial charge >= 0.3 is 0 Å². The quantitative estimate of drug-likeness (QED) is 0.624. The molecule has 0 aliphatic heterocycles. The van der Waals surface area contributed by atoms with Gasteiger partial charge < -0.3 is 15.4 Å². The number of ether oxygens (including phenoxy) is 1. The summed E-state index contributed by atoms with van der Waals surface area (Å²) in [6.07, 6.45) is 4.42. The second-order valence-corrected chi connectivity index (χ2v) is 8.26. The van der Waals surface area contributed by atoms with Crippen LogP contribution in [0.5, 0.6) is 5.75 Å². The Morgan fingerprint density at radius 3 is 2.55 bits per heavy atom. The molecule has 3 aromatic heterocycles. The SMILES string of the molecule is COc1cc(Nc2cc(NC(C)=O)ncc2-c2ccn(C)n2)nc(S(C)(=O)=O)c1. The average Bonchev–Trinajstić information content (AvgIpc) is 3.06. The summed E-state index contributed by atoms with van der Waals surface area (Å²) in [5.74, 6) is 0.638. The number of methoxy groups -OCH3 is 1. The number of sulfone groups is 1. The number of amides is 1. The van der Waals surface area contributed by atoms with Crippen molar-refractivity contribution in [2.75, 3.05) is 24.0 Å². The van der Waals surface area contributed by atoms with Gasteiger partial charge in [0.25, 0.3) is 0 Å². The summed E-state index contributed by atoms with van der Waals surface area (Å²) in [5, 5.41) is 9.94. The van der Waals surface area contributed by atoms with Crippen molar-refractivity contribution in [2.45, 2.75) is 11.9 Å². The number of rotatable bonds is 6. The lowest BCUT2D eigenvalue weighted by Gasteiger charge is -2.13. The number of carbonyl (C=O) groups excluding carboxylic acids is 1. The van der Waals surface area contributed by atoms with Gasteiger partial charge in [0.15, 0.2) is 14.9 Å². The summed E-state index contributed by atoms with van der Waals surface area (Å²) in [5.41, 5.74) is 1.82. The highest BCUT2D eigenvalue weighted by Gasteiger charge is 2.16. The van der Waals surface area contributed by atoms with E-state index in [0.717, 1.165) is 6.26 Å². The number of hydrogen-bond acceptors (Lipinski definition) is 8. The highest BCUT2D eigenvalue weighted by atomic mass is 32.2. The van der Waals surface area contributed by atoms with Gasteiger partial charge in [0, 0.05) is 56.4 Å². The van der Waals surface area contributed by atoms with Crippen LogP contribution in [-0.2, 0) is 21.7 Å². The Hall–Kier alpha value is -3.47. The molecule has 0 aliphatic rings. The first-order valence-corrected chi connectivity index (χ1v) is 10.4. The standard InChI is InChI=1S/C18H20N6O4S/c1-11(25)20-16-9-15(13(10-19-16)14-5-6-24(2)23-14)21-17-7-12(28-3)8-18(22-17)29(4,26)27/h5-10H,1-4H3,(H2,19,20,21,22,25). The molecule has 0 aromatic carbocycles. The maximum Gasteiger partial charge on any atom is 0.222 e. The van der Waals surface area contributed by atoms with Crippen molar-refractivity contribution in [3.63, 3.8) is 0 Å². The van der Waals surface area contributed by atoms with Crippen molar-refractivity contribution in [1.29, 1.82) is 0 Å². The summed E-state index contributed by atoms with van der Waals surface area (Å²) in [7, 11) is -0.324. The van der Waals surface area contributed by atoms with Crippen LogP contribution in [0.2, 0.25) is 0 Å². The second kappa shape index (κ2) is 7.87. The van der Waals surface area contributed by atoms with Crippen LogP contribution in [0.15, 0.2) is 41.7 Å². The molecule has 10 nitrogen and oxygen atoms in total. The van der Waals surface area contributed by atoms with Crippen LogP contribution < -0.4 is 15.4 Å². The zero-order chi connectivity index (χ0) is 21.2. The first kappa shape index (κ1) is 20.3. The minimum absolute atomic E-state index is 0.130. The molecule has 2 N–H and O–H groups in total. The Morgan fingerprint density at radius 2 is 1.97 bits per heavy atom. The number of nitrogens with zero attached hydrogens (tertiary/aromatic N) is 4. The molecule has 3 heterocycles. The molecule has 1 amide bonds. The van der Waals surface area contributed by atoms with E-state index < -0.39 is 9.84 Å². The van der Waals surface area contributed by atoms with Crippen molar-refractivity contribution in [3.8, 4) is 17.0 Å². The zero-order valence-corrected chi connectivity index (χ0v) is 17.1. The van der Waals surface area contributed by atoms with Crippen molar-refractivity contribution in [3.05, 3.63) is 36.7 Å². The minimum atomic E-state index is -3.55. The Kier molecular flexibility index (Phi) is 5.50. The van der Waals surface area contributed by atoms with Gasteiger partial charge in [0.1, 0.15) is 17.4 Å². The van der Waals surface area contributed by atoms with Crippen LogP contribution in [0.3, 0.4) is 0 Å². The van der Waals surface area contributed by atoms with Gasteiger partial charge in [-0.3, -0.25) is 9.48 Å². The maximum absolute atomic E-state index is 12.0. The highest BCUT2D eigenvalue weighted by molar-refractivity contribution is 7.90. The van der Waals surface area contributed by atoms with E-state index in [1.807, 2.05) is 0 Å². The van der Waals surface area contributed by atoms with Crippen LogP contribution in [0, 0.1) is 0 Å². The number of hydrogen-bond donors (Lipinski definition) is 2. The fraction of sp³-hybridized carbons (Fsp3) is 0.222. The van der Waals surface area contributed by atoms with Gasteiger partial charge in [-0.05, 0) is 6.07 Å². The van der Waals surface area contributed by atoms with E-state index in [4.69, 9.17) is 4.74 Å². The van der Waals surface area contributed by atoms with Crippen LogP contribution in [0.1, 0.15) is 6.92 Å². The van der Waals surface area contributed by atoms with E-state index in [9.17, 15) is 13.2 Å². The third kappa shape index (κ3) is 4.88. The summed E-state index contributed by atoms with van der Waals surface area (Å²) < 4.78 is 30.8. The number of carbonyl (C=O) groups is 1. The van der Waals surface area contributed by atoms with Gasteiger partial charge in [0.05, 0.1) is 18.5 Å². The topological polar surface area (TPSA) is 128 Å². The number of anilines is 3. The smallest absolute Gasteiger partial charge is 0.222 e. The van der Waals surface area contributed by atoms with Crippen molar-refractivity contribution in [1.82, 2.24) is 19.7 Å². The van der Waals surface area contributed by atoms with E-state index in [2.05, 4.69) is 25.7 Å². The molecule has 0 aliphatic carbocycles. The Balaban J connectivity index is 2.10. The molecule has 152 valence electrons. The molecule has 0 saturated heterocycles. The number of aromatic nitrogens is 4. The molecular weight excluding hydrogens is 396 g/mol. The van der Waals surface area contributed by atoms with E-state index >= 15 is 0 Å². The zero-order valence-electron chi connectivity index (χ0n) is 16.3. The molecule has 0 radical (unpaired) electrons. The first-order valence-electron chi connectivity index (χ1n) is 8.46. The van der Waals surface area contributed by atoms with Crippen LogP contribution in [0.25, 0.3) is 11.3 Å². The Morgan fingerprint density at radius 1 is 1.21 bits per heavy atom. The van der Waals surface area contributed by atoms with Gasteiger partial charge in [-0.25, -0.2) is 18.4 Å². The van der Waals surface area contributed by atoms with Crippen LogP contribution in [-0.4, -0.2) is 47.4 Å². The summed E-state index contributed by atoms with van der Waals surface area (Å²) in [4.78, 5) is 19.8. The normalized spacial score (nSPS) is 11.2. The lowest BCUT2D eigenvalue weighted by molar-refractivity contribution is -0.114.